The first-order chi connectivity index (χ1) is 15.8. The standard InChI is InChI=1S/C23H16BrCl2N3O4/c24-18-4-2-1-3-17(18)23(32)33-16-8-5-14(6-9-16)12-28-29-21(30)13-27-22(31)15-7-10-19(25)20(26)11-15/h1-12H,13H2,(H,27,31)(H,29,30)/b28-12-. The van der Waals surface area contributed by atoms with Gasteiger partial charge in [-0.05, 0) is 76.1 Å². The molecule has 0 aliphatic rings. The first-order valence-electron chi connectivity index (χ1n) is 9.45. The summed E-state index contributed by atoms with van der Waals surface area (Å²) in [6, 6.07) is 17.9. The van der Waals surface area contributed by atoms with E-state index in [-0.39, 0.29) is 17.1 Å². The molecule has 0 unspecified atom stereocenters. The Labute approximate surface area is 207 Å². The lowest BCUT2D eigenvalue weighted by atomic mass is 10.2. The molecule has 0 atom stereocenters. The molecule has 0 aliphatic heterocycles. The van der Waals surface area contributed by atoms with E-state index in [1.54, 1.807) is 48.5 Å². The molecule has 0 saturated carbocycles. The fourth-order valence-electron chi connectivity index (χ4n) is 2.53. The lowest BCUT2D eigenvalue weighted by Crippen LogP contribution is -2.34. The largest absolute Gasteiger partial charge is 0.423 e. The molecular formula is C23H16BrCl2N3O4. The van der Waals surface area contributed by atoms with Crippen molar-refractivity contribution in [1.82, 2.24) is 10.7 Å². The lowest BCUT2D eigenvalue weighted by molar-refractivity contribution is -0.120. The van der Waals surface area contributed by atoms with Gasteiger partial charge in [0.1, 0.15) is 5.75 Å². The van der Waals surface area contributed by atoms with Gasteiger partial charge in [0.25, 0.3) is 11.8 Å². The van der Waals surface area contributed by atoms with Crippen LogP contribution in [0.4, 0.5) is 0 Å². The number of esters is 1. The third-order valence-corrected chi connectivity index (χ3v) is 5.61. The fourth-order valence-corrected chi connectivity index (χ4v) is 3.27. The summed E-state index contributed by atoms with van der Waals surface area (Å²) in [6.07, 6.45) is 1.41. The highest BCUT2D eigenvalue weighted by atomic mass is 79.9. The van der Waals surface area contributed by atoms with E-state index < -0.39 is 17.8 Å². The maximum atomic E-state index is 12.2. The molecule has 0 saturated heterocycles. The number of ether oxygens (including phenoxy) is 1. The summed E-state index contributed by atoms with van der Waals surface area (Å²) in [5, 5.41) is 6.87. The first-order valence-corrected chi connectivity index (χ1v) is 11.0. The molecule has 0 radical (unpaired) electrons. The Kier molecular flexibility index (Phi) is 8.59. The van der Waals surface area contributed by atoms with Crippen molar-refractivity contribution < 1.29 is 19.1 Å². The van der Waals surface area contributed by atoms with Crippen molar-refractivity contribution in [2.24, 2.45) is 5.10 Å². The van der Waals surface area contributed by atoms with Crippen LogP contribution >= 0.6 is 39.1 Å². The average molecular weight is 549 g/mol. The van der Waals surface area contributed by atoms with Crippen LogP contribution in [0.1, 0.15) is 26.3 Å². The number of halogens is 3. The van der Waals surface area contributed by atoms with E-state index in [1.807, 2.05) is 0 Å². The van der Waals surface area contributed by atoms with Crippen molar-refractivity contribution in [2.75, 3.05) is 6.54 Å². The summed E-state index contributed by atoms with van der Waals surface area (Å²) in [5.41, 5.74) is 3.67. The minimum atomic E-state index is -0.515. The van der Waals surface area contributed by atoms with E-state index in [4.69, 9.17) is 27.9 Å². The highest BCUT2D eigenvalue weighted by molar-refractivity contribution is 9.10. The molecule has 168 valence electrons. The van der Waals surface area contributed by atoms with Gasteiger partial charge in [-0.25, -0.2) is 10.2 Å². The summed E-state index contributed by atoms with van der Waals surface area (Å²) in [6.45, 7) is -0.277. The van der Waals surface area contributed by atoms with E-state index in [1.165, 1.54) is 24.4 Å². The second-order valence-electron chi connectivity index (χ2n) is 6.54. The molecule has 0 bridgehead atoms. The summed E-state index contributed by atoms with van der Waals surface area (Å²) >= 11 is 15.0. The summed E-state index contributed by atoms with van der Waals surface area (Å²) < 4.78 is 5.99. The Morgan fingerprint density at radius 3 is 2.39 bits per heavy atom. The van der Waals surface area contributed by atoms with Crippen LogP contribution in [0, 0.1) is 0 Å². The SMILES string of the molecule is O=C(CNC(=O)c1ccc(Cl)c(Cl)c1)N/N=C\c1ccc(OC(=O)c2ccccc2Br)cc1. The highest BCUT2D eigenvalue weighted by Crippen LogP contribution is 2.22. The van der Waals surface area contributed by atoms with Gasteiger partial charge in [0.05, 0.1) is 28.4 Å². The number of hydrazone groups is 1. The van der Waals surface area contributed by atoms with Gasteiger partial charge in [-0.3, -0.25) is 9.59 Å². The number of carbonyl (C=O) groups excluding carboxylic acids is 3. The van der Waals surface area contributed by atoms with Crippen LogP contribution in [0.3, 0.4) is 0 Å². The number of hydrogen-bond acceptors (Lipinski definition) is 5. The third kappa shape index (κ3) is 7.15. The van der Waals surface area contributed by atoms with E-state index in [2.05, 4.69) is 31.8 Å². The van der Waals surface area contributed by atoms with Gasteiger partial charge in [-0.1, -0.05) is 35.3 Å². The van der Waals surface area contributed by atoms with Gasteiger partial charge in [0.15, 0.2) is 0 Å². The molecule has 0 fully saturated rings. The van der Waals surface area contributed by atoms with Crippen molar-refractivity contribution in [3.8, 4) is 5.75 Å². The zero-order valence-corrected chi connectivity index (χ0v) is 19.9. The van der Waals surface area contributed by atoms with E-state index in [0.717, 1.165) is 0 Å². The fraction of sp³-hybridized carbons (Fsp3) is 0.0435. The Morgan fingerprint density at radius 1 is 0.970 bits per heavy atom. The van der Waals surface area contributed by atoms with Crippen LogP contribution in [0.5, 0.6) is 5.75 Å². The molecule has 0 aliphatic carbocycles. The van der Waals surface area contributed by atoms with Crippen LogP contribution < -0.4 is 15.5 Å². The second-order valence-corrected chi connectivity index (χ2v) is 8.21. The molecule has 2 N–H and O–H groups in total. The summed E-state index contributed by atoms with van der Waals surface area (Å²) in [4.78, 5) is 36.2. The maximum Gasteiger partial charge on any atom is 0.344 e. The van der Waals surface area contributed by atoms with Crippen molar-refractivity contribution >= 4 is 63.1 Å². The van der Waals surface area contributed by atoms with E-state index in [9.17, 15) is 14.4 Å². The van der Waals surface area contributed by atoms with Gasteiger partial charge in [0.2, 0.25) is 0 Å². The molecule has 2 amide bonds. The van der Waals surface area contributed by atoms with Crippen LogP contribution in [0.2, 0.25) is 10.0 Å². The molecule has 33 heavy (non-hydrogen) atoms. The zero-order valence-electron chi connectivity index (χ0n) is 16.8. The third-order valence-electron chi connectivity index (χ3n) is 4.18. The average Bonchev–Trinajstić information content (AvgIpc) is 2.80. The number of nitrogens with one attached hydrogen (secondary N) is 2. The van der Waals surface area contributed by atoms with Crippen LogP contribution in [0.15, 0.2) is 76.3 Å². The molecular weight excluding hydrogens is 533 g/mol. The Bertz CT molecular complexity index is 1220. The van der Waals surface area contributed by atoms with Crippen LogP contribution in [-0.4, -0.2) is 30.5 Å². The quantitative estimate of drug-likeness (QED) is 0.191. The van der Waals surface area contributed by atoms with Gasteiger partial charge in [0, 0.05) is 10.0 Å². The second kappa shape index (κ2) is 11.6. The van der Waals surface area contributed by atoms with Crippen LogP contribution in [-0.2, 0) is 4.79 Å². The minimum Gasteiger partial charge on any atom is -0.423 e. The Morgan fingerprint density at radius 2 is 1.70 bits per heavy atom. The maximum absolute atomic E-state index is 12.2. The molecule has 3 aromatic carbocycles. The molecule has 10 heteroatoms. The van der Waals surface area contributed by atoms with Crippen molar-refractivity contribution in [1.29, 1.82) is 0 Å². The predicted octanol–water partition coefficient (Wildman–Crippen LogP) is 4.86. The van der Waals surface area contributed by atoms with E-state index >= 15 is 0 Å². The monoisotopic (exact) mass is 547 g/mol. The lowest BCUT2D eigenvalue weighted by Gasteiger charge is -2.06. The first kappa shape index (κ1) is 24.4. The molecule has 0 spiro atoms. The van der Waals surface area contributed by atoms with Gasteiger partial charge < -0.3 is 10.1 Å². The zero-order chi connectivity index (χ0) is 23.8. The van der Waals surface area contributed by atoms with Crippen molar-refractivity contribution in [3.63, 3.8) is 0 Å². The molecule has 7 nitrogen and oxygen atoms in total. The smallest absolute Gasteiger partial charge is 0.344 e. The topological polar surface area (TPSA) is 96.9 Å². The molecule has 3 aromatic rings. The number of rotatable bonds is 7. The number of benzene rings is 3. The highest BCUT2D eigenvalue weighted by Gasteiger charge is 2.12. The Hall–Kier alpha value is -3.20. The minimum absolute atomic E-state index is 0.243. The predicted molar refractivity (Wildman–Crippen MR) is 130 cm³/mol. The molecule has 3 rings (SSSR count). The number of nitrogens with zero attached hydrogens (tertiary/aromatic N) is 1. The number of hydrogen-bond donors (Lipinski definition) is 2. The van der Waals surface area contributed by atoms with Crippen molar-refractivity contribution in [2.45, 2.75) is 0 Å². The van der Waals surface area contributed by atoms with Crippen LogP contribution in [0.25, 0.3) is 0 Å². The van der Waals surface area contributed by atoms with Crippen molar-refractivity contribution in [3.05, 3.63) is 97.9 Å². The number of carbonyl (C=O) groups is 3. The van der Waals surface area contributed by atoms with Gasteiger partial charge in [-0.2, -0.15) is 5.10 Å². The molecule has 0 aromatic heterocycles. The normalized spacial score (nSPS) is 10.6. The van der Waals surface area contributed by atoms with Gasteiger partial charge >= 0.3 is 5.97 Å². The van der Waals surface area contributed by atoms with Gasteiger partial charge in [-0.15, -0.1) is 0 Å². The Balaban J connectivity index is 1.46. The van der Waals surface area contributed by atoms with E-state index in [0.29, 0.717) is 26.4 Å². The summed E-state index contributed by atoms with van der Waals surface area (Å²) in [5.74, 6) is -1.11. The summed E-state index contributed by atoms with van der Waals surface area (Å²) in [7, 11) is 0. The molecule has 0 heterocycles. The number of amides is 2.